The zero-order valence-electron chi connectivity index (χ0n) is 16.6. The molecular formula is C22H24N4O3. The van der Waals surface area contributed by atoms with Gasteiger partial charge in [-0.15, -0.1) is 0 Å². The van der Waals surface area contributed by atoms with Gasteiger partial charge in [-0.1, -0.05) is 6.07 Å². The average Bonchev–Trinajstić information content (AvgIpc) is 2.74. The number of pyridine rings is 1. The molecule has 2 aromatic rings. The molecule has 0 aliphatic carbocycles. The van der Waals surface area contributed by atoms with Gasteiger partial charge >= 0.3 is 0 Å². The van der Waals surface area contributed by atoms with E-state index in [-0.39, 0.29) is 17.6 Å². The standard InChI is InChI=1S/C22H24N4O3/c1-16(15-21(28)24-19-8-6-18(7-9-19)17(2)27)22(29)26-13-11-25(12-14-26)20-5-3-4-10-23-20/h3-10,15H,11-14H2,1-2H3,(H,24,28)/b16-15-. The van der Waals surface area contributed by atoms with E-state index in [9.17, 15) is 14.4 Å². The second-order valence-electron chi connectivity index (χ2n) is 6.92. The number of Topliss-reactive ketones (excluding diaryl/α,β-unsaturated/α-hetero) is 1. The van der Waals surface area contributed by atoms with Gasteiger partial charge in [-0.3, -0.25) is 14.4 Å². The van der Waals surface area contributed by atoms with Crippen LogP contribution in [-0.4, -0.2) is 53.7 Å². The van der Waals surface area contributed by atoms with Gasteiger partial charge in [0.2, 0.25) is 11.8 Å². The van der Waals surface area contributed by atoms with Crippen LogP contribution in [0.4, 0.5) is 11.5 Å². The Balaban J connectivity index is 1.54. The Labute approximate surface area is 170 Å². The minimum absolute atomic E-state index is 0.0349. The number of nitrogens with one attached hydrogen (secondary N) is 1. The molecule has 1 aliphatic heterocycles. The largest absolute Gasteiger partial charge is 0.353 e. The van der Waals surface area contributed by atoms with Crippen molar-refractivity contribution in [1.82, 2.24) is 9.88 Å². The van der Waals surface area contributed by atoms with Crippen molar-refractivity contribution < 1.29 is 14.4 Å². The maximum absolute atomic E-state index is 12.7. The maximum Gasteiger partial charge on any atom is 0.249 e. The Bertz CT molecular complexity index is 915. The molecule has 150 valence electrons. The van der Waals surface area contributed by atoms with Gasteiger partial charge in [0.05, 0.1) is 0 Å². The normalized spacial score (nSPS) is 14.5. The third kappa shape index (κ3) is 5.28. The predicted molar refractivity (Wildman–Crippen MR) is 112 cm³/mol. The highest BCUT2D eigenvalue weighted by Gasteiger charge is 2.23. The summed E-state index contributed by atoms with van der Waals surface area (Å²) >= 11 is 0. The van der Waals surface area contributed by atoms with Crippen LogP contribution in [0.15, 0.2) is 60.3 Å². The number of amides is 2. The van der Waals surface area contributed by atoms with Gasteiger partial charge in [-0.2, -0.15) is 0 Å². The lowest BCUT2D eigenvalue weighted by Crippen LogP contribution is -2.49. The number of rotatable bonds is 5. The summed E-state index contributed by atoms with van der Waals surface area (Å²) in [6.07, 6.45) is 3.07. The molecule has 1 aromatic heterocycles. The second kappa shape index (κ2) is 9.14. The summed E-state index contributed by atoms with van der Waals surface area (Å²) in [7, 11) is 0. The van der Waals surface area contributed by atoms with Gasteiger partial charge in [0.25, 0.3) is 0 Å². The molecule has 29 heavy (non-hydrogen) atoms. The fourth-order valence-corrected chi connectivity index (χ4v) is 3.15. The molecule has 2 amide bonds. The van der Waals surface area contributed by atoms with Crippen LogP contribution in [0, 0.1) is 0 Å². The summed E-state index contributed by atoms with van der Waals surface area (Å²) in [5.74, 6) is 0.348. The van der Waals surface area contributed by atoms with Crippen LogP contribution in [0.3, 0.4) is 0 Å². The lowest BCUT2D eigenvalue weighted by molar-refractivity contribution is -0.127. The number of hydrogen-bond acceptors (Lipinski definition) is 5. The molecule has 0 atom stereocenters. The summed E-state index contributed by atoms with van der Waals surface area (Å²) in [5.41, 5.74) is 1.53. The summed E-state index contributed by atoms with van der Waals surface area (Å²) in [6, 6.07) is 12.4. The topological polar surface area (TPSA) is 82.6 Å². The summed E-state index contributed by atoms with van der Waals surface area (Å²) < 4.78 is 0. The van der Waals surface area contributed by atoms with Gasteiger partial charge in [0.1, 0.15) is 5.82 Å². The number of carbonyl (C=O) groups excluding carboxylic acids is 3. The molecule has 7 nitrogen and oxygen atoms in total. The average molecular weight is 392 g/mol. The van der Waals surface area contributed by atoms with Crippen LogP contribution < -0.4 is 10.2 Å². The zero-order valence-corrected chi connectivity index (χ0v) is 16.6. The van der Waals surface area contributed by atoms with E-state index in [0.717, 1.165) is 5.82 Å². The highest BCUT2D eigenvalue weighted by molar-refractivity contribution is 6.06. The van der Waals surface area contributed by atoms with E-state index >= 15 is 0 Å². The smallest absolute Gasteiger partial charge is 0.249 e. The molecule has 0 bridgehead atoms. The molecule has 1 saturated heterocycles. The van der Waals surface area contributed by atoms with E-state index in [1.54, 1.807) is 42.3 Å². The molecule has 1 fully saturated rings. The number of ketones is 1. The number of benzene rings is 1. The monoisotopic (exact) mass is 392 g/mol. The molecule has 3 rings (SSSR count). The number of aromatic nitrogens is 1. The Hall–Kier alpha value is -3.48. The maximum atomic E-state index is 12.7. The van der Waals surface area contributed by atoms with E-state index in [1.165, 1.54) is 13.0 Å². The number of anilines is 2. The first-order chi connectivity index (χ1) is 13.9. The van der Waals surface area contributed by atoms with Crippen molar-refractivity contribution >= 4 is 29.1 Å². The first-order valence-corrected chi connectivity index (χ1v) is 9.49. The van der Waals surface area contributed by atoms with Crippen LogP contribution in [-0.2, 0) is 9.59 Å². The Morgan fingerprint density at radius 2 is 1.66 bits per heavy atom. The first-order valence-electron chi connectivity index (χ1n) is 9.49. The molecule has 7 heteroatoms. The van der Waals surface area contributed by atoms with Gasteiger partial charge < -0.3 is 15.1 Å². The van der Waals surface area contributed by atoms with E-state index < -0.39 is 0 Å². The number of piperazine rings is 1. The molecule has 2 heterocycles. The summed E-state index contributed by atoms with van der Waals surface area (Å²) in [5, 5.41) is 2.71. The van der Waals surface area contributed by atoms with Crippen molar-refractivity contribution in [2.24, 2.45) is 0 Å². The van der Waals surface area contributed by atoms with Gasteiger partial charge in [-0.05, 0) is 50.2 Å². The van der Waals surface area contributed by atoms with Crippen molar-refractivity contribution in [3.63, 3.8) is 0 Å². The van der Waals surface area contributed by atoms with E-state index in [2.05, 4.69) is 15.2 Å². The van der Waals surface area contributed by atoms with Crippen molar-refractivity contribution in [2.75, 3.05) is 36.4 Å². The highest BCUT2D eigenvalue weighted by Crippen LogP contribution is 2.14. The quantitative estimate of drug-likeness (QED) is 0.625. The third-order valence-electron chi connectivity index (χ3n) is 4.78. The molecule has 1 N–H and O–H groups in total. The Morgan fingerprint density at radius 3 is 2.24 bits per heavy atom. The number of hydrogen-bond donors (Lipinski definition) is 1. The predicted octanol–water partition coefficient (Wildman–Crippen LogP) is 2.52. The SMILES string of the molecule is CC(=O)c1ccc(NC(=O)/C=C(/C)C(=O)N2CCN(c3ccccn3)CC2)cc1. The summed E-state index contributed by atoms with van der Waals surface area (Å²) in [6.45, 7) is 5.69. The van der Waals surface area contributed by atoms with Crippen LogP contribution in [0.2, 0.25) is 0 Å². The van der Waals surface area contributed by atoms with Crippen LogP contribution in [0.25, 0.3) is 0 Å². The Morgan fingerprint density at radius 1 is 0.966 bits per heavy atom. The third-order valence-corrected chi connectivity index (χ3v) is 4.78. The minimum Gasteiger partial charge on any atom is -0.353 e. The van der Waals surface area contributed by atoms with E-state index in [0.29, 0.717) is 43.0 Å². The molecule has 0 saturated carbocycles. The van der Waals surface area contributed by atoms with Gasteiger partial charge in [0, 0.05) is 55.3 Å². The number of nitrogens with zero attached hydrogens (tertiary/aromatic N) is 3. The molecule has 1 aromatic carbocycles. The number of carbonyl (C=O) groups is 3. The van der Waals surface area contributed by atoms with E-state index in [1.807, 2.05) is 18.2 Å². The van der Waals surface area contributed by atoms with Crippen molar-refractivity contribution in [3.8, 4) is 0 Å². The lowest BCUT2D eigenvalue weighted by Gasteiger charge is -2.35. The molecular weight excluding hydrogens is 368 g/mol. The van der Waals surface area contributed by atoms with Crippen LogP contribution >= 0.6 is 0 Å². The molecule has 1 aliphatic rings. The van der Waals surface area contributed by atoms with Gasteiger partial charge in [-0.25, -0.2) is 4.98 Å². The summed E-state index contributed by atoms with van der Waals surface area (Å²) in [4.78, 5) is 44.4. The Kier molecular flexibility index (Phi) is 6.39. The highest BCUT2D eigenvalue weighted by atomic mass is 16.2. The van der Waals surface area contributed by atoms with Crippen molar-refractivity contribution in [2.45, 2.75) is 13.8 Å². The fourth-order valence-electron chi connectivity index (χ4n) is 3.15. The molecule has 0 spiro atoms. The minimum atomic E-state index is -0.376. The fraction of sp³-hybridized carbons (Fsp3) is 0.273. The second-order valence-corrected chi connectivity index (χ2v) is 6.92. The molecule has 0 unspecified atom stereocenters. The van der Waals surface area contributed by atoms with Crippen molar-refractivity contribution in [1.29, 1.82) is 0 Å². The van der Waals surface area contributed by atoms with Crippen LogP contribution in [0.1, 0.15) is 24.2 Å². The first kappa shape index (κ1) is 20.3. The van der Waals surface area contributed by atoms with Gasteiger partial charge in [0.15, 0.2) is 5.78 Å². The molecule has 0 radical (unpaired) electrons. The van der Waals surface area contributed by atoms with E-state index in [4.69, 9.17) is 0 Å². The lowest BCUT2D eigenvalue weighted by atomic mass is 10.1. The van der Waals surface area contributed by atoms with Crippen LogP contribution in [0.5, 0.6) is 0 Å². The zero-order chi connectivity index (χ0) is 20.8. The van der Waals surface area contributed by atoms with Crippen molar-refractivity contribution in [3.05, 3.63) is 65.9 Å².